The predicted molar refractivity (Wildman–Crippen MR) is 124 cm³/mol. The summed E-state index contributed by atoms with van der Waals surface area (Å²) in [4.78, 5) is 0. The Balaban J connectivity index is 2.33. The fraction of sp³-hybridized carbons (Fsp3) is 0.556. The van der Waals surface area contributed by atoms with E-state index in [2.05, 4.69) is 81.5 Å². The number of unbranched alkanes of at least 4 members (excludes halogenated alkanes) is 5. The highest BCUT2D eigenvalue weighted by Crippen LogP contribution is 2.19. The van der Waals surface area contributed by atoms with Gasteiger partial charge in [-0.15, -0.1) is 0 Å². The summed E-state index contributed by atoms with van der Waals surface area (Å²) < 4.78 is 0. The van der Waals surface area contributed by atoms with E-state index in [0.717, 1.165) is 12.3 Å². The smallest absolute Gasteiger partial charge is 0.0279 e. The van der Waals surface area contributed by atoms with Crippen LogP contribution >= 0.6 is 0 Å². The second-order valence-electron chi connectivity index (χ2n) is 7.88. The van der Waals surface area contributed by atoms with Crippen LogP contribution in [0.4, 0.5) is 0 Å². The molecule has 0 spiro atoms. The molecule has 0 bridgehead atoms. The summed E-state index contributed by atoms with van der Waals surface area (Å²) >= 11 is 0. The molecule has 150 valence electrons. The van der Waals surface area contributed by atoms with Crippen LogP contribution in [0.25, 0.3) is 0 Å². The summed E-state index contributed by atoms with van der Waals surface area (Å²) in [6.45, 7) is 6.92. The van der Waals surface area contributed by atoms with Gasteiger partial charge in [-0.3, -0.25) is 0 Å². The number of hydrogen-bond donors (Lipinski definition) is 0. The Kier molecular flexibility index (Phi) is 14.4. The standard InChI is InChI=1S/C27H42/c1-4-6-7-8-9-12-18-25(3)19-17-24-27-22-15-10-13-20-26(5-2)21-14-11-16-23-27/h10-11,13-16,20-23,25H,4-9,12,17-19,24H2,1-3H3. The van der Waals surface area contributed by atoms with Gasteiger partial charge >= 0.3 is 0 Å². The number of hydrogen-bond acceptors (Lipinski definition) is 0. The summed E-state index contributed by atoms with van der Waals surface area (Å²) in [6.07, 6.45) is 36.6. The molecule has 1 aliphatic rings. The SMILES string of the molecule is CCCCCCCCC(C)CCCC1=CC=CC=CC(CC)=CC=CC=C1. The van der Waals surface area contributed by atoms with Crippen LogP contribution in [0.15, 0.2) is 71.9 Å². The molecular weight excluding hydrogens is 324 g/mol. The van der Waals surface area contributed by atoms with E-state index < -0.39 is 0 Å². The second kappa shape index (κ2) is 16.6. The maximum atomic E-state index is 2.43. The monoisotopic (exact) mass is 366 g/mol. The van der Waals surface area contributed by atoms with Crippen LogP contribution < -0.4 is 0 Å². The summed E-state index contributed by atoms with van der Waals surface area (Å²) in [5, 5.41) is 0. The molecule has 1 aliphatic carbocycles. The van der Waals surface area contributed by atoms with E-state index in [0.29, 0.717) is 0 Å². The highest BCUT2D eigenvalue weighted by Gasteiger charge is 2.03. The molecule has 0 saturated heterocycles. The Hall–Kier alpha value is -1.56. The van der Waals surface area contributed by atoms with Gasteiger partial charge in [0.15, 0.2) is 0 Å². The molecule has 0 fully saturated rings. The van der Waals surface area contributed by atoms with Crippen molar-refractivity contribution in [3.05, 3.63) is 71.9 Å². The van der Waals surface area contributed by atoms with Crippen LogP contribution in [-0.4, -0.2) is 0 Å². The van der Waals surface area contributed by atoms with Gasteiger partial charge in [0.1, 0.15) is 0 Å². The van der Waals surface area contributed by atoms with Gasteiger partial charge in [-0.05, 0) is 36.3 Å². The van der Waals surface area contributed by atoms with E-state index in [4.69, 9.17) is 0 Å². The van der Waals surface area contributed by atoms with Crippen molar-refractivity contribution >= 4 is 0 Å². The van der Waals surface area contributed by atoms with E-state index in [1.54, 1.807) is 0 Å². The lowest BCUT2D eigenvalue weighted by molar-refractivity contribution is 0.444. The number of allylic oxidation sites excluding steroid dienone is 12. The Morgan fingerprint density at radius 2 is 1.22 bits per heavy atom. The van der Waals surface area contributed by atoms with Crippen LogP contribution in [0.1, 0.15) is 91.4 Å². The summed E-state index contributed by atoms with van der Waals surface area (Å²) in [5.41, 5.74) is 2.78. The van der Waals surface area contributed by atoms with E-state index in [9.17, 15) is 0 Å². The third-order valence-electron chi connectivity index (χ3n) is 5.31. The van der Waals surface area contributed by atoms with Crippen LogP contribution in [0.3, 0.4) is 0 Å². The number of rotatable bonds is 12. The van der Waals surface area contributed by atoms with Gasteiger partial charge in [0.25, 0.3) is 0 Å². The molecule has 0 aliphatic heterocycles. The van der Waals surface area contributed by atoms with Crippen LogP contribution in [-0.2, 0) is 0 Å². The Morgan fingerprint density at radius 1 is 0.630 bits per heavy atom. The van der Waals surface area contributed by atoms with Gasteiger partial charge in [-0.1, -0.05) is 133 Å². The zero-order chi connectivity index (χ0) is 19.6. The van der Waals surface area contributed by atoms with Crippen molar-refractivity contribution < 1.29 is 0 Å². The van der Waals surface area contributed by atoms with Crippen molar-refractivity contribution in [1.29, 1.82) is 0 Å². The third kappa shape index (κ3) is 13.3. The lowest BCUT2D eigenvalue weighted by Crippen LogP contribution is -1.95. The van der Waals surface area contributed by atoms with Crippen LogP contribution in [0.5, 0.6) is 0 Å². The van der Waals surface area contributed by atoms with Crippen molar-refractivity contribution in [3.8, 4) is 0 Å². The average Bonchev–Trinajstić information content (AvgIpc) is 2.66. The molecule has 0 saturated carbocycles. The van der Waals surface area contributed by atoms with Crippen molar-refractivity contribution in [2.24, 2.45) is 5.92 Å². The van der Waals surface area contributed by atoms with Gasteiger partial charge in [0.05, 0.1) is 0 Å². The van der Waals surface area contributed by atoms with Crippen molar-refractivity contribution in [2.75, 3.05) is 0 Å². The van der Waals surface area contributed by atoms with Crippen molar-refractivity contribution in [3.63, 3.8) is 0 Å². The Morgan fingerprint density at radius 3 is 1.93 bits per heavy atom. The normalized spacial score (nSPS) is 15.8. The van der Waals surface area contributed by atoms with Gasteiger partial charge < -0.3 is 0 Å². The van der Waals surface area contributed by atoms with E-state index in [1.807, 2.05) is 0 Å². The topological polar surface area (TPSA) is 0 Å². The molecule has 0 radical (unpaired) electrons. The summed E-state index contributed by atoms with van der Waals surface area (Å²) in [6, 6.07) is 0. The second-order valence-corrected chi connectivity index (χ2v) is 7.88. The molecule has 1 rings (SSSR count). The van der Waals surface area contributed by atoms with Gasteiger partial charge in [0.2, 0.25) is 0 Å². The van der Waals surface area contributed by atoms with Gasteiger partial charge in [-0.2, -0.15) is 0 Å². The van der Waals surface area contributed by atoms with E-state index >= 15 is 0 Å². The van der Waals surface area contributed by atoms with Crippen LogP contribution in [0.2, 0.25) is 0 Å². The molecule has 0 amide bonds. The van der Waals surface area contributed by atoms with Crippen LogP contribution in [0, 0.1) is 5.92 Å². The zero-order valence-electron chi connectivity index (χ0n) is 18.1. The van der Waals surface area contributed by atoms with Crippen molar-refractivity contribution in [1.82, 2.24) is 0 Å². The molecule has 0 nitrogen and oxygen atoms in total. The Bertz CT molecular complexity index is 536. The third-order valence-corrected chi connectivity index (χ3v) is 5.31. The molecule has 0 aromatic heterocycles. The first-order chi connectivity index (χ1) is 13.3. The highest BCUT2D eigenvalue weighted by molar-refractivity contribution is 5.32. The fourth-order valence-corrected chi connectivity index (χ4v) is 3.43. The molecule has 0 aromatic carbocycles. The fourth-order valence-electron chi connectivity index (χ4n) is 3.43. The largest absolute Gasteiger partial charge is 0.0654 e. The summed E-state index contributed by atoms with van der Waals surface area (Å²) in [7, 11) is 0. The molecular formula is C27H42. The average molecular weight is 367 g/mol. The zero-order valence-corrected chi connectivity index (χ0v) is 18.1. The van der Waals surface area contributed by atoms with Gasteiger partial charge in [0, 0.05) is 0 Å². The first kappa shape index (κ1) is 23.5. The quantitative estimate of drug-likeness (QED) is 0.302. The lowest BCUT2D eigenvalue weighted by Gasteiger charge is -2.11. The van der Waals surface area contributed by atoms with E-state index in [-0.39, 0.29) is 0 Å². The minimum atomic E-state index is 0.864. The highest BCUT2D eigenvalue weighted by atomic mass is 14.1. The first-order valence-corrected chi connectivity index (χ1v) is 11.3. The molecule has 27 heavy (non-hydrogen) atoms. The summed E-state index contributed by atoms with van der Waals surface area (Å²) in [5.74, 6) is 0.864. The molecule has 0 aromatic rings. The van der Waals surface area contributed by atoms with E-state index in [1.165, 1.54) is 75.4 Å². The predicted octanol–water partition coefficient (Wildman–Crippen LogP) is 9.04. The minimum Gasteiger partial charge on any atom is -0.0654 e. The molecule has 0 N–H and O–H groups in total. The maximum Gasteiger partial charge on any atom is -0.0279 e. The maximum absolute atomic E-state index is 2.43. The molecule has 0 heterocycles. The Labute approximate surface area is 169 Å². The molecule has 1 unspecified atom stereocenters. The first-order valence-electron chi connectivity index (χ1n) is 11.3. The lowest BCUT2D eigenvalue weighted by atomic mass is 9.95. The molecule has 0 heteroatoms. The van der Waals surface area contributed by atoms with Gasteiger partial charge in [-0.25, -0.2) is 0 Å². The minimum absolute atomic E-state index is 0.864. The van der Waals surface area contributed by atoms with Crippen molar-refractivity contribution in [2.45, 2.75) is 91.4 Å². The molecule has 1 atom stereocenters.